The molecule has 3 aromatic heterocycles. The Morgan fingerprint density at radius 1 is 0.913 bits per heavy atom. The molecule has 0 radical (unpaired) electrons. The van der Waals surface area contributed by atoms with E-state index in [0.717, 1.165) is 22.2 Å². The van der Waals surface area contributed by atoms with Gasteiger partial charge in [-0.3, -0.25) is 9.36 Å². The number of hydrogen-bond acceptors (Lipinski definition) is 2. The van der Waals surface area contributed by atoms with E-state index >= 15 is 0 Å². The van der Waals surface area contributed by atoms with Gasteiger partial charge in [-0.1, -0.05) is 30.3 Å². The number of nitrogens with zero attached hydrogens (tertiary/aromatic N) is 3. The van der Waals surface area contributed by atoms with Crippen LogP contribution in [0.1, 0.15) is 0 Å². The van der Waals surface area contributed by atoms with Gasteiger partial charge in [0.05, 0.1) is 5.69 Å². The molecule has 112 valence electrons. The van der Waals surface area contributed by atoms with Gasteiger partial charge in [0.2, 0.25) is 0 Å². The molecule has 0 fully saturated rings. The van der Waals surface area contributed by atoms with Crippen molar-refractivity contribution in [2.24, 2.45) is 7.05 Å². The van der Waals surface area contributed by atoms with E-state index in [9.17, 15) is 4.79 Å². The van der Waals surface area contributed by atoms with Crippen molar-refractivity contribution in [3.8, 4) is 17.1 Å². The molecule has 0 N–H and O–H groups in total. The third-order valence-electron chi connectivity index (χ3n) is 4.01. The first-order chi connectivity index (χ1) is 11.3. The van der Waals surface area contributed by atoms with Gasteiger partial charge < -0.3 is 4.57 Å². The molecule has 4 heteroatoms. The van der Waals surface area contributed by atoms with Gasteiger partial charge in [-0.25, -0.2) is 4.98 Å². The smallest absolute Gasteiger partial charge is 0.256 e. The highest BCUT2D eigenvalue weighted by atomic mass is 16.1. The molecule has 0 saturated heterocycles. The summed E-state index contributed by atoms with van der Waals surface area (Å²) in [7, 11) is 2.01. The van der Waals surface area contributed by atoms with Crippen molar-refractivity contribution >= 4 is 10.9 Å². The molecule has 4 rings (SSSR count). The minimum atomic E-state index is -0.0888. The summed E-state index contributed by atoms with van der Waals surface area (Å²) in [6, 6.07) is 19.1. The van der Waals surface area contributed by atoms with Crippen LogP contribution in [0, 0.1) is 0 Å². The van der Waals surface area contributed by atoms with Gasteiger partial charge in [0.25, 0.3) is 5.56 Å². The van der Waals surface area contributed by atoms with Crippen molar-refractivity contribution in [1.29, 1.82) is 0 Å². The van der Waals surface area contributed by atoms with Gasteiger partial charge in [0, 0.05) is 42.0 Å². The summed E-state index contributed by atoms with van der Waals surface area (Å²) in [5, 5.41) is 1.12. The second-order valence-electron chi connectivity index (χ2n) is 5.44. The minimum Gasteiger partial charge on any atom is -0.350 e. The molecule has 0 spiro atoms. The van der Waals surface area contributed by atoms with Gasteiger partial charge >= 0.3 is 0 Å². The lowest BCUT2D eigenvalue weighted by molar-refractivity contribution is 0.941. The van der Waals surface area contributed by atoms with Gasteiger partial charge in [-0.05, 0) is 24.3 Å². The Hall–Kier alpha value is -3.14. The summed E-state index contributed by atoms with van der Waals surface area (Å²) in [4.78, 5) is 16.8. The monoisotopic (exact) mass is 301 g/mol. The summed E-state index contributed by atoms with van der Waals surface area (Å²) in [5.41, 5.74) is 2.90. The molecule has 4 nitrogen and oxygen atoms in total. The molecule has 4 aromatic rings. The first-order valence-electron chi connectivity index (χ1n) is 7.43. The van der Waals surface area contributed by atoms with E-state index in [1.807, 2.05) is 43.4 Å². The fourth-order valence-corrected chi connectivity index (χ4v) is 2.97. The van der Waals surface area contributed by atoms with Crippen molar-refractivity contribution in [1.82, 2.24) is 14.1 Å². The first-order valence-corrected chi connectivity index (χ1v) is 7.43. The van der Waals surface area contributed by atoms with E-state index in [0.29, 0.717) is 5.82 Å². The van der Waals surface area contributed by atoms with Crippen molar-refractivity contribution in [3.63, 3.8) is 0 Å². The zero-order chi connectivity index (χ0) is 15.8. The van der Waals surface area contributed by atoms with Crippen LogP contribution in [0.25, 0.3) is 28.0 Å². The molecule has 3 heterocycles. The average molecular weight is 301 g/mol. The van der Waals surface area contributed by atoms with Crippen LogP contribution >= 0.6 is 0 Å². The predicted molar refractivity (Wildman–Crippen MR) is 91.7 cm³/mol. The summed E-state index contributed by atoms with van der Waals surface area (Å²) < 4.78 is 3.73. The standard InChI is InChI=1S/C19H15N3O/c1-21-13-15(14-7-2-3-8-16(14)21)17-9-6-11-19(23)22(17)18-10-4-5-12-20-18/h2-13H,1H3. The lowest BCUT2D eigenvalue weighted by atomic mass is 10.1. The summed E-state index contributed by atoms with van der Waals surface area (Å²) in [5.74, 6) is 0.626. The molecule has 0 bridgehead atoms. The number of pyridine rings is 2. The first kappa shape index (κ1) is 13.5. The Bertz CT molecular complexity index is 1050. The average Bonchev–Trinajstić information content (AvgIpc) is 2.93. The maximum absolute atomic E-state index is 12.5. The van der Waals surface area contributed by atoms with E-state index in [2.05, 4.69) is 27.9 Å². The van der Waals surface area contributed by atoms with E-state index in [1.165, 1.54) is 0 Å². The SMILES string of the molecule is Cn1cc(-c2cccc(=O)n2-c2ccccn2)c2ccccc21. The van der Waals surface area contributed by atoms with Crippen LogP contribution in [0.3, 0.4) is 0 Å². The quantitative estimate of drug-likeness (QED) is 0.569. The summed E-state index contributed by atoms with van der Waals surface area (Å²) >= 11 is 0. The lowest BCUT2D eigenvalue weighted by Gasteiger charge is -2.11. The van der Waals surface area contributed by atoms with E-state index in [-0.39, 0.29) is 5.56 Å². The largest absolute Gasteiger partial charge is 0.350 e. The number of aromatic nitrogens is 3. The van der Waals surface area contributed by atoms with Crippen LogP contribution in [0.2, 0.25) is 0 Å². The van der Waals surface area contributed by atoms with Crippen LogP contribution in [0.5, 0.6) is 0 Å². The maximum atomic E-state index is 12.5. The van der Waals surface area contributed by atoms with Crippen molar-refractivity contribution < 1.29 is 0 Å². The number of para-hydroxylation sites is 1. The Balaban J connectivity index is 2.07. The number of hydrogen-bond donors (Lipinski definition) is 0. The molecular formula is C19H15N3O. The molecule has 0 atom stereocenters. The molecule has 1 aromatic carbocycles. The van der Waals surface area contributed by atoms with Crippen molar-refractivity contribution in [2.45, 2.75) is 0 Å². The normalized spacial score (nSPS) is 11.0. The Labute approximate surface area is 133 Å². The number of fused-ring (bicyclic) bond motifs is 1. The number of aryl methyl sites for hydroxylation is 1. The molecule has 0 saturated carbocycles. The van der Waals surface area contributed by atoms with Gasteiger partial charge in [-0.2, -0.15) is 0 Å². The van der Waals surface area contributed by atoms with Gasteiger partial charge in [0.15, 0.2) is 0 Å². The second kappa shape index (κ2) is 5.25. The Morgan fingerprint density at radius 3 is 2.57 bits per heavy atom. The highest BCUT2D eigenvalue weighted by Crippen LogP contribution is 2.30. The topological polar surface area (TPSA) is 39.8 Å². The lowest BCUT2D eigenvalue weighted by Crippen LogP contribution is -2.19. The van der Waals surface area contributed by atoms with Crippen molar-refractivity contribution in [3.05, 3.63) is 83.4 Å². The van der Waals surface area contributed by atoms with E-state index in [1.54, 1.807) is 22.9 Å². The molecule has 0 amide bonds. The third-order valence-corrected chi connectivity index (χ3v) is 4.01. The highest BCUT2D eigenvalue weighted by Gasteiger charge is 2.14. The molecular weight excluding hydrogens is 286 g/mol. The van der Waals surface area contributed by atoms with Crippen LogP contribution < -0.4 is 5.56 Å². The molecule has 0 aliphatic heterocycles. The fourth-order valence-electron chi connectivity index (χ4n) is 2.97. The van der Waals surface area contributed by atoms with E-state index < -0.39 is 0 Å². The van der Waals surface area contributed by atoms with Crippen LogP contribution in [-0.4, -0.2) is 14.1 Å². The maximum Gasteiger partial charge on any atom is 0.256 e. The molecule has 0 aliphatic carbocycles. The van der Waals surface area contributed by atoms with Crippen molar-refractivity contribution in [2.75, 3.05) is 0 Å². The summed E-state index contributed by atoms with van der Waals surface area (Å²) in [6.45, 7) is 0. The van der Waals surface area contributed by atoms with Crippen LogP contribution in [0.15, 0.2) is 77.9 Å². The zero-order valence-corrected chi connectivity index (χ0v) is 12.7. The predicted octanol–water partition coefficient (Wildman–Crippen LogP) is 3.39. The second-order valence-corrected chi connectivity index (χ2v) is 5.44. The summed E-state index contributed by atoms with van der Waals surface area (Å²) in [6.07, 6.45) is 3.75. The Kier molecular flexibility index (Phi) is 3.08. The third kappa shape index (κ3) is 2.16. The van der Waals surface area contributed by atoms with E-state index in [4.69, 9.17) is 0 Å². The minimum absolute atomic E-state index is 0.0888. The Morgan fingerprint density at radius 2 is 1.74 bits per heavy atom. The van der Waals surface area contributed by atoms with Crippen LogP contribution in [-0.2, 0) is 7.05 Å². The van der Waals surface area contributed by atoms with Gasteiger partial charge in [0.1, 0.15) is 5.82 Å². The highest BCUT2D eigenvalue weighted by molar-refractivity contribution is 5.95. The number of rotatable bonds is 2. The molecule has 23 heavy (non-hydrogen) atoms. The fraction of sp³-hybridized carbons (Fsp3) is 0.0526. The van der Waals surface area contributed by atoms with Gasteiger partial charge in [-0.15, -0.1) is 0 Å². The number of benzene rings is 1. The van der Waals surface area contributed by atoms with Crippen LogP contribution in [0.4, 0.5) is 0 Å². The molecule has 0 aliphatic rings. The molecule has 0 unspecified atom stereocenters. The zero-order valence-electron chi connectivity index (χ0n) is 12.7.